The van der Waals surface area contributed by atoms with E-state index in [2.05, 4.69) is 15.1 Å². The first-order valence-corrected chi connectivity index (χ1v) is 10.6. The predicted octanol–water partition coefficient (Wildman–Crippen LogP) is 3.06. The fraction of sp³-hybridized carbons (Fsp3) is 0.667. The van der Waals surface area contributed by atoms with Crippen LogP contribution in [-0.2, 0) is 0 Å². The summed E-state index contributed by atoms with van der Waals surface area (Å²) in [4.78, 5) is 19.2. The van der Waals surface area contributed by atoms with E-state index >= 15 is 0 Å². The average molecular weight is 392 g/mol. The Morgan fingerprint density at radius 1 is 1.00 bits per heavy atom. The minimum atomic E-state index is -0.819. The van der Waals surface area contributed by atoms with Gasteiger partial charge in [-0.3, -0.25) is 4.90 Å². The summed E-state index contributed by atoms with van der Waals surface area (Å²) in [5.74, 6) is -1.30. The van der Waals surface area contributed by atoms with E-state index in [4.69, 9.17) is 0 Å². The maximum Gasteiger partial charge on any atom is 0.317 e. The zero-order chi connectivity index (χ0) is 19.5. The second-order valence-electron chi connectivity index (χ2n) is 8.37. The number of carbonyl (C=O) groups is 1. The third-order valence-corrected chi connectivity index (χ3v) is 6.44. The van der Waals surface area contributed by atoms with Gasteiger partial charge in [-0.15, -0.1) is 0 Å². The molecule has 4 rings (SSSR count). The lowest BCUT2D eigenvalue weighted by Gasteiger charge is -2.37. The highest BCUT2D eigenvalue weighted by Gasteiger charge is 2.30. The van der Waals surface area contributed by atoms with E-state index in [9.17, 15) is 13.6 Å². The predicted molar refractivity (Wildman–Crippen MR) is 105 cm³/mol. The Bertz CT molecular complexity index is 695. The Morgan fingerprint density at radius 3 is 2.61 bits per heavy atom. The van der Waals surface area contributed by atoms with E-state index in [1.165, 1.54) is 44.5 Å². The Morgan fingerprint density at radius 2 is 1.82 bits per heavy atom. The van der Waals surface area contributed by atoms with Gasteiger partial charge in [0.1, 0.15) is 0 Å². The minimum absolute atomic E-state index is 0.0372. The Kier molecular flexibility index (Phi) is 5.99. The van der Waals surface area contributed by atoms with Crippen molar-refractivity contribution in [3.63, 3.8) is 0 Å². The van der Waals surface area contributed by atoms with Crippen LogP contribution in [0, 0.1) is 17.6 Å². The van der Waals surface area contributed by atoms with Crippen LogP contribution in [-0.4, -0.2) is 67.7 Å². The molecular formula is C21H30F2N4O. The van der Waals surface area contributed by atoms with Gasteiger partial charge < -0.3 is 15.1 Å². The van der Waals surface area contributed by atoms with Crippen molar-refractivity contribution in [2.45, 2.75) is 38.1 Å². The van der Waals surface area contributed by atoms with Crippen molar-refractivity contribution >= 4 is 11.7 Å². The van der Waals surface area contributed by atoms with Gasteiger partial charge >= 0.3 is 6.03 Å². The van der Waals surface area contributed by atoms with Gasteiger partial charge in [-0.2, -0.15) is 0 Å². The molecule has 0 radical (unpaired) electrons. The minimum Gasteiger partial charge on any atom is -0.371 e. The van der Waals surface area contributed by atoms with Gasteiger partial charge in [0, 0.05) is 50.5 Å². The summed E-state index contributed by atoms with van der Waals surface area (Å²) in [7, 11) is 0. The molecule has 7 heteroatoms. The fourth-order valence-corrected chi connectivity index (χ4v) is 4.80. The van der Waals surface area contributed by atoms with Crippen LogP contribution in [0.1, 0.15) is 32.1 Å². The summed E-state index contributed by atoms with van der Waals surface area (Å²) in [6.07, 6.45) is 5.75. The number of urea groups is 1. The number of halogens is 2. The molecule has 5 nitrogen and oxygen atoms in total. The third kappa shape index (κ3) is 4.40. The summed E-state index contributed by atoms with van der Waals surface area (Å²) < 4.78 is 26.6. The van der Waals surface area contributed by atoms with Gasteiger partial charge in [-0.25, -0.2) is 13.6 Å². The van der Waals surface area contributed by atoms with E-state index in [0.717, 1.165) is 39.0 Å². The van der Waals surface area contributed by atoms with E-state index in [1.807, 2.05) is 4.90 Å². The normalized spacial score (nSPS) is 26.1. The largest absolute Gasteiger partial charge is 0.371 e. The number of nitrogens with one attached hydrogen (secondary N) is 1. The summed E-state index contributed by atoms with van der Waals surface area (Å²) >= 11 is 0. The van der Waals surface area contributed by atoms with E-state index in [1.54, 1.807) is 6.07 Å². The summed E-state index contributed by atoms with van der Waals surface area (Å²) in [5.41, 5.74) is 0.706. The molecule has 3 fully saturated rings. The van der Waals surface area contributed by atoms with Crippen LogP contribution in [0.5, 0.6) is 0 Å². The van der Waals surface area contributed by atoms with E-state index < -0.39 is 11.6 Å². The average Bonchev–Trinajstić information content (AvgIpc) is 3.40. The summed E-state index contributed by atoms with van der Waals surface area (Å²) in [6.45, 7) is 6.18. The second kappa shape index (κ2) is 8.64. The van der Waals surface area contributed by atoms with Crippen LogP contribution in [0.4, 0.5) is 19.3 Å². The highest BCUT2D eigenvalue weighted by Crippen LogP contribution is 2.25. The van der Waals surface area contributed by atoms with Crippen LogP contribution in [0.2, 0.25) is 0 Å². The number of hydrogen-bond acceptors (Lipinski definition) is 3. The van der Waals surface area contributed by atoms with Crippen molar-refractivity contribution < 1.29 is 13.6 Å². The summed E-state index contributed by atoms with van der Waals surface area (Å²) in [5, 5.41) is 3.11. The Hall–Kier alpha value is -1.89. The number of nitrogens with zero attached hydrogens (tertiary/aromatic N) is 3. The lowest BCUT2D eigenvalue weighted by molar-refractivity contribution is 0.125. The molecule has 154 valence electrons. The molecule has 0 aliphatic carbocycles. The Balaban J connectivity index is 1.24. The highest BCUT2D eigenvalue weighted by atomic mass is 19.2. The van der Waals surface area contributed by atoms with Crippen molar-refractivity contribution in [2.75, 3.05) is 50.7 Å². The molecule has 0 aromatic heterocycles. The number of anilines is 1. The lowest BCUT2D eigenvalue weighted by Crippen LogP contribution is -2.52. The van der Waals surface area contributed by atoms with Gasteiger partial charge in [0.05, 0.1) is 0 Å². The smallest absolute Gasteiger partial charge is 0.317 e. The first-order chi connectivity index (χ1) is 13.6. The number of amides is 2. The van der Waals surface area contributed by atoms with Gasteiger partial charge in [0.15, 0.2) is 11.6 Å². The van der Waals surface area contributed by atoms with Crippen LogP contribution < -0.4 is 10.2 Å². The molecule has 2 atom stereocenters. The summed E-state index contributed by atoms with van der Waals surface area (Å²) in [6, 6.07) is 4.59. The molecule has 28 heavy (non-hydrogen) atoms. The zero-order valence-electron chi connectivity index (χ0n) is 16.4. The van der Waals surface area contributed by atoms with Gasteiger partial charge in [0.25, 0.3) is 0 Å². The molecule has 3 heterocycles. The van der Waals surface area contributed by atoms with E-state index in [-0.39, 0.29) is 6.03 Å². The van der Waals surface area contributed by atoms with Crippen molar-refractivity contribution in [1.82, 2.24) is 15.1 Å². The third-order valence-electron chi connectivity index (χ3n) is 6.44. The second-order valence-corrected chi connectivity index (χ2v) is 8.37. The number of piperidine rings is 1. The van der Waals surface area contributed by atoms with Gasteiger partial charge in [-0.05, 0) is 63.2 Å². The van der Waals surface area contributed by atoms with Crippen LogP contribution in [0.3, 0.4) is 0 Å². The number of hydrogen-bond donors (Lipinski definition) is 1. The molecule has 2 amide bonds. The topological polar surface area (TPSA) is 38.8 Å². The molecule has 1 aromatic rings. The number of benzene rings is 1. The zero-order valence-corrected chi connectivity index (χ0v) is 16.4. The van der Waals surface area contributed by atoms with Crippen LogP contribution in [0.25, 0.3) is 0 Å². The molecule has 1 N–H and O–H groups in total. The number of likely N-dealkylation sites (tertiary alicyclic amines) is 2. The molecule has 1 aromatic carbocycles. The quantitative estimate of drug-likeness (QED) is 0.856. The number of carbonyl (C=O) groups excluding carboxylic acids is 1. The van der Waals surface area contributed by atoms with Crippen molar-refractivity contribution in [2.24, 2.45) is 5.92 Å². The molecule has 2 unspecified atom stereocenters. The number of rotatable bonds is 4. The molecule has 0 saturated carbocycles. The van der Waals surface area contributed by atoms with Crippen molar-refractivity contribution in [1.29, 1.82) is 0 Å². The molecular weight excluding hydrogens is 362 g/mol. The first kappa shape index (κ1) is 19.4. The molecule has 3 saturated heterocycles. The van der Waals surface area contributed by atoms with Crippen molar-refractivity contribution in [3.8, 4) is 0 Å². The maximum absolute atomic E-state index is 13.5. The van der Waals surface area contributed by atoms with E-state index in [0.29, 0.717) is 24.2 Å². The lowest BCUT2D eigenvalue weighted by atomic mass is 10.0. The first-order valence-electron chi connectivity index (χ1n) is 10.6. The van der Waals surface area contributed by atoms with Crippen LogP contribution >= 0.6 is 0 Å². The maximum atomic E-state index is 13.5. The van der Waals surface area contributed by atoms with Crippen molar-refractivity contribution in [3.05, 3.63) is 29.8 Å². The SMILES string of the molecule is O=C(NCC1CCN(c2ccc(F)c(F)c2)C1)N1CCCC(N2CCCC2)C1. The Labute approximate surface area is 165 Å². The monoisotopic (exact) mass is 392 g/mol. The molecule has 0 bridgehead atoms. The van der Waals surface area contributed by atoms with Gasteiger partial charge in [0.2, 0.25) is 0 Å². The van der Waals surface area contributed by atoms with Crippen LogP contribution in [0.15, 0.2) is 18.2 Å². The highest BCUT2D eigenvalue weighted by molar-refractivity contribution is 5.74. The molecule has 3 aliphatic rings. The standard InChI is InChI=1S/C21H30F2N4O/c22-19-6-5-17(12-20(19)23)26-11-7-16(14-26)13-24-21(28)27-10-3-4-18(15-27)25-8-1-2-9-25/h5-6,12,16,18H,1-4,7-11,13-15H2,(H,24,28). The fourth-order valence-electron chi connectivity index (χ4n) is 4.80. The van der Waals surface area contributed by atoms with Gasteiger partial charge in [-0.1, -0.05) is 0 Å². The molecule has 0 spiro atoms. The molecule has 3 aliphatic heterocycles.